The van der Waals surface area contributed by atoms with Gasteiger partial charge in [0, 0.05) is 11.0 Å². The number of hydrogen-bond donors (Lipinski definition) is 3. The molecule has 0 aromatic heterocycles. The maximum absolute atomic E-state index is 9.10. The highest BCUT2D eigenvalue weighted by Crippen LogP contribution is 2.25. The number of methoxy groups -OCH3 is 1. The summed E-state index contributed by atoms with van der Waals surface area (Å²) in [7, 11) is 1.69. The summed E-state index contributed by atoms with van der Waals surface area (Å²) in [6.07, 6.45) is 0. The Hall–Kier alpha value is -2.54. The highest BCUT2D eigenvalue weighted by Gasteiger charge is 2.04. The molecule has 0 aliphatic heterocycles. The molecule has 2 aromatic carbocycles. The van der Waals surface area contributed by atoms with Crippen molar-refractivity contribution in [2.75, 3.05) is 12.4 Å². The molecule has 0 heterocycles. The van der Waals surface area contributed by atoms with Crippen LogP contribution in [0.3, 0.4) is 0 Å². The van der Waals surface area contributed by atoms with Crippen molar-refractivity contribution in [2.45, 2.75) is 13.5 Å². The van der Waals surface area contributed by atoms with Gasteiger partial charge >= 0.3 is 11.9 Å². The van der Waals surface area contributed by atoms with E-state index in [1.165, 1.54) is 11.1 Å². The van der Waals surface area contributed by atoms with E-state index in [2.05, 4.69) is 46.4 Å². The quantitative estimate of drug-likeness (QED) is 0.685. The number of aryl methyl sites for hydroxylation is 1. The average Bonchev–Trinajstić information content (AvgIpc) is 2.55. The molecule has 0 amide bonds. The van der Waals surface area contributed by atoms with Crippen LogP contribution >= 0.6 is 15.9 Å². The number of carboxylic acid groups (broad SMARTS) is 2. The molecular weight excluding hydrogens is 378 g/mol. The first-order valence-corrected chi connectivity index (χ1v) is 7.72. The minimum absolute atomic E-state index is 0.785. The molecule has 0 bridgehead atoms. The van der Waals surface area contributed by atoms with Crippen molar-refractivity contribution in [3.8, 4) is 5.75 Å². The molecule has 6 nitrogen and oxygen atoms in total. The van der Waals surface area contributed by atoms with Gasteiger partial charge in [0.15, 0.2) is 0 Å². The van der Waals surface area contributed by atoms with Crippen LogP contribution in [0.2, 0.25) is 0 Å². The number of hydrogen-bond acceptors (Lipinski definition) is 4. The zero-order valence-corrected chi connectivity index (χ0v) is 14.8. The van der Waals surface area contributed by atoms with E-state index in [1.54, 1.807) is 7.11 Å². The maximum Gasteiger partial charge on any atom is 0.414 e. The summed E-state index contributed by atoms with van der Waals surface area (Å²) < 4.78 is 6.43. The summed E-state index contributed by atoms with van der Waals surface area (Å²) in [5.74, 6) is -2.78. The molecule has 0 aliphatic carbocycles. The van der Waals surface area contributed by atoms with Gasteiger partial charge in [0.2, 0.25) is 0 Å². The number of carboxylic acids is 2. The molecule has 7 heteroatoms. The number of carbonyl (C=O) groups is 2. The molecule has 0 spiro atoms. The van der Waals surface area contributed by atoms with Crippen molar-refractivity contribution in [2.24, 2.45) is 0 Å². The Morgan fingerprint density at radius 1 is 1.08 bits per heavy atom. The van der Waals surface area contributed by atoms with Gasteiger partial charge in [-0.05, 0) is 42.3 Å². The number of nitrogens with one attached hydrogen (secondary N) is 1. The molecule has 24 heavy (non-hydrogen) atoms. The Morgan fingerprint density at radius 2 is 1.67 bits per heavy atom. The summed E-state index contributed by atoms with van der Waals surface area (Å²) in [4.78, 5) is 18.2. The SMILES string of the molecule is COc1ccc(C)cc1NCc1ccc(Br)cc1.O=C(O)C(=O)O. The molecule has 0 aliphatic rings. The summed E-state index contributed by atoms with van der Waals surface area (Å²) >= 11 is 3.43. The lowest BCUT2D eigenvalue weighted by molar-refractivity contribution is -0.159. The van der Waals surface area contributed by atoms with E-state index in [0.717, 1.165) is 22.5 Å². The average molecular weight is 396 g/mol. The van der Waals surface area contributed by atoms with Gasteiger partial charge in [-0.3, -0.25) is 0 Å². The number of rotatable bonds is 4. The van der Waals surface area contributed by atoms with E-state index in [-0.39, 0.29) is 0 Å². The Morgan fingerprint density at radius 3 is 2.17 bits per heavy atom. The standard InChI is InChI=1S/C15H16BrNO.C2H2O4/c1-11-3-8-15(18-2)14(9-11)17-10-12-4-6-13(16)7-5-12;3-1(4)2(5)6/h3-9,17H,10H2,1-2H3;(H,3,4)(H,5,6). The van der Waals surface area contributed by atoms with Gasteiger partial charge in [-0.1, -0.05) is 34.1 Å². The first-order chi connectivity index (χ1) is 11.3. The van der Waals surface area contributed by atoms with Crippen LogP contribution in [0.15, 0.2) is 46.9 Å². The molecule has 3 N–H and O–H groups in total. The second kappa shape index (κ2) is 9.57. The fraction of sp³-hybridized carbons (Fsp3) is 0.176. The number of anilines is 1. The fourth-order valence-electron chi connectivity index (χ4n) is 1.76. The molecule has 2 rings (SSSR count). The third-order valence-corrected chi connectivity index (χ3v) is 3.46. The van der Waals surface area contributed by atoms with Crippen LogP contribution in [-0.4, -0.2) is 29.3 Å². The largest absolute Gasteiger partial charge is 0.495 e. The van der Waals surface area contributed by atoms with Gasteiger partial charge in [0.05, 0.1) is 12.8 Å². The Labute approximate surface area is 148 Å². The van der Waals surface area contributed by atoms with Crippen LogP contribution in [-0.2, 0) is 16.1 Å². The summed E-state index contributed by atoms with van der Waals surface area (Å²) in [5.41, 5.74) is 3.48. The van der Waals surface area contributed by atoms with Crippen LogP contribution < -0.4 is 10.1 Å². The Kier molecular flexibility index (Phi) is 7.77. The zero-order valence-electron chi connectivity index (χ0n) is 13.2. The van der Waals surface area contributed by atoms with Crippen molar-refractivity contribution in [1.82, 2.24) is 0 Å². The summed E-state index contributed by atoms with van der Waals surface area (Å²) in [6.45, 7) is 2.86. The van der Waals surface area contributed by atoms with Gasteiger partial charge in [-0.25, -0.2) is 9.59 Å². The Balaban J connectivity index is 0.000000413. The lowest BCUT2D eigenvalue weighted by Crippen LogP contribution is -2.09. The molecule has 128 valence electrons. The van der Waals surface area contributed by atoms with E-state index in [0.29, 0.717) is 0 Å². The first kappa shape index (κ1) is 19.5. The highest BCUT2D eigenvalue weighted by molar-refractivity contribution is 9.10. The third-order valence-electron chi connectivity index (χ3n) is 2.93. The van der Waals surface area contributed by atoms with Crippen LogP contribution in [0.4, 0.5) is 5.69 Å². The minimum Gasteiger partial charge on any atom is -0.495 e. The smallest absolute Gasteiger partial charge is 0.414 e. The van der Waals surface area contributed by atoms with Crippen molar-refractivity contribution in [3.05, 3.63) is 58.1 Å². The molecule has 2 aromatic rings. The second-order valence-corrected chi connectivity index (χ2v) is 5.71. The van der Waals surface area contributed by atoms with Crippen molar-refractivity contribution >= 4 is 33.6 Å². The molecule has 0 radical (unpaired) electrons. The monoisotopic (exact) mass is 395 g/mol. The van der Waals surface area contributed by atoms with Crippen molar-refractivity contribution in [1.29, 1.82) is 0 Å². The molecule has 0 fully saturated rings. The van der Waals surface area contributed by atoms with Gasteiger partial charge in [-0.2, -0.15) is 0 Å². The van der Waals surface area contributed by atoms with E-state index >= 15 is 0 Å². The van der Waals surface area contributed by atoms with E-state index in [9.17, 15) is 0 Å². The normalized spacial score (nSPS) is 9.46. The van der Waals surface area contributed by atoms with Crippen molar-refractivity contribution in [3.63, 3.8) is 0 Å². The number of aliphatic carboxylic acids is 2. The zero-order chi connectivity index (χ0) is 18.1. The van der Waals surface area contributed by atoms with Crippen LogP contribution in [0, 0.1) is 6.92 Å². The van der Waals surface area contributed by atoms with Gasteiger partial charge in [0.25, 0.3) is 0 Å². The maximum atomic E-state index is 9.10. The predicted molar refractivity (Wildman–Crippen MR) is 94.5 cm³/mol. The summed E-state index contributed by atoms with van der Waals surface area (Å²) in [5, 5.41) is 18.2. The molecule has 0 saturated heterocycles. The van der Waals surface area contributed by atoms with E-state index in [4.69, 9.17) is 24.5 Å². The van der Waals surface area contributed by atoms with Crippen molar-refractivity contribution < 1.29 is 24.5 Å². The number of halogens is 1. The van der Waals surface area contributed by atoms with Crippen LogP contribution in [0.25, 0.3) is 0 Å². The van der Waals surface area contributed by atoms with Crippen LogP contribution in [0.1, 0.15) is 11.1 Å². The third kappa shape index (κ3) is 6.70. The first-order valence-electron chi connectivity index (χ1n) is 6.92. The molecule has 0 saturated carbocycles. The number of ether oxygens (including phenoxy) is 1. The lowest BCUT2D eigenvalue weighted by Gasteiger charge is -2.12. The molecule has 0 atom stereocenters. The fourth-order valence-corrected chi connectivity index (χ4v) is 2.02. The van der Waals surface area contributed by atoms with Gasteiger partial charge < -0.3 is 20.3 Å². The second-order valence-electron chi connectivity index (χ2n) is 4.79. The number of benzene rings is 2. The lowest BCUT2D eigenvalue weighted by atomic mass is 10.2. The minimum atomic E-state index is -1.82. The predicted octanol–water partition coefficient (Wildman–Crippen LogP) is 3.53. The van der Waals surface area contributed by atoms with Crippen LogP contribution in [0.5, 0.6) is 5.75 Å². The van der Waals surface area contributed by atoms with Gasteiger partial charge in [-0.15, -0.1) is 0 Å². The van der Waals surface area contributed by atoms with E-state index < -0.39 is 11.9 Å². The van der Waals surface area contributed by atoms with E-state index in [1.807, 2.05) is 24.3 Å². The highest BCUT2D eigenvalue weighted by atomic mass is 79.9. The Bertz CT molecular complexity index is 689. The molecule has 0 unspecified atom stereocenters. The molecular formula is C17H18BrNO5. The topological polar surface area (TPSA) is 95.9 Å². The van der Waals surface area contributed by atoms with Gasteiger partial charge in [0.1, 0.15) is 5.75 Å². The summed E-state index contributed by atoms with van der Waals surface area (Å²) in [6, 6.07) is 14.4.